The number of benzene rings is 1. The molecule has 220 valence electrons. The molecule has 14 heteroatoms. The van der Waals surface area contributed by atoms with Gasteiger partial charge in [0.2, 0.25) is 0 Å². The lowest BCUT2D eigenvalue weighted by Gasteiger charge is -2.32. The largest absolute Gasteiger partial charge is 0.476 e. The van der Waals surface area contributed by atoms with Crippen molar-refractivity contribution in [2.75, 3.05) is 19.7 Å². The summed E-state index contributed by atoms with van der Waals surface area (Å²) in [5.74, 6) is -3.47. The number of carbonyl (C=O) groups is 1. The third kappa shape index (κ3) is 5.90. The van der Waals surface area contributed by atoms with Crippen molar-refractivity contribution in [3.05, 3.63) is 75.6 Å². The number of ether oxygens (including phenoxy) is 2. The predicted molar refractivity (Wildman–Crippen MR) is 144 cm³/mol. The van der Waals surface area contributed by atoms with Crippen molar-refractivity contribution in [1.82, 2.24) is 29.6 Å². The lowest BCUT2D eigenvalue weighted by atomic mass is 9.92. The van der Waals surface area contributed by atoms with Gasteiger partial charge in [-0.05, 0) is 44.5 Å². The third-order valence-corrected chi connectivity index (χ3v) is 7.85. The second-order valence-corrected chi connectivity index (χ2v) is 10.8. The number of pyridine rings is 1. The van der Waals surface area contributed by atoms with Crippen LogP contribution in [0.15, 0.2) is 30.3 Å². The number of hydrogen-bond acceptors (Lipinski definition) is 8. The molecule has 6 rings (SSSR count). The van der Waals surface area contributed by atoms with Crippen LogP contribution in [-0.2, 0) is 24.4 Å². The van der Waals surface area contributed by atoms with E-state index in [1.54, 1.807) is 0 Å². The van der Waals surface area contributed by atoms with E-state index in [0.717, 1.165) is 18.6 Å². The van der Waals surface area contributed by atoms with Gasteiger partial charge in [0, 0.05) is 35.2 Å². The summed E-state index contributed by atoms with van der Waals surface area (Å²) >= 11 is 5.78. The highest BCUT2D eigenvalue weighted by molar-refractivity contribution is 6.30. The van der Waals surface area contributed by atoms with E-state index in [9.17, 15) is 23.1 Å². The standard InChI is InChI=1S/C28H26ClF3N6O4/c29-17-2-1-16(19(30)9-17)14-42-27-21(32)10-20(31)25(34-27)15-3-6-37(7-4-15)13-24-33-22-11-23(28(39)40)35-36-26(22)38(24)12-18-5-8-41-18/h1-2,9-11,15,18H,3-8,12-14H2,(H,39,40)/t18-/m0/s1. The van der Waals surface area contributed by atoms with E-state index in [2.05, 4.69) is 25.1 Å². The topological polar surface area (TPSA) is 115 Å². The third-order valence-electron chi connectivity index (χ3n) is 7.61. The number of aromatic carboxylic acids is 1. The molecule has 1 aromatic carbocycles. The number of halogens is 4. The lowest BCUT2D eigenvalue weighted by molar-refractivity contribution is -0.0593. The first-order valence-electron chi connectivity index (χ1n) is 13.5. The van der Waals surface area contributed by atoms with Crippen LogP contribution in [0.5, 0.6) is 5.88 Å². The predicted octanol–water partition coefficient (Wildman–Crippen LogP) is 4.74. The van der Waals surface area contributed by atoms with Gasteiger partial charge in [-0.3, -0.25) is 4.90 Å². The molecule has 0 radical (unpaired) electrons. The number of fused-ring (bicyclic) bond motifs is 1. The van der Waals surface area contributed by atoms with Crippen LogP contribution in [0.1, 0.15) is 52.8 Å². The normalized spacial score (nSPS) is 17.9. The molecule has 3 aromatic heterocycles. The summed E-state index contributed by atoms with van der Waals surface area (Å²) in [6, 6.07) is 6.21. The van der Waals surface area contributed by atoms with E-state index in [4.69, 9.17) is 21.1 Å². The maximum absolute atomic E-state index is 14.8. The second kappa shape index (κ2) is 11.8. The molecule has 5 heterocycles. The second-order valence-electron chi connectivity index (χ2n) is 10.4. The van der Waals surface area contributed by atoms with Crippen molar-refractivity contribution < 1.29 is 32.5 Å². The van der Waals surface area contributed by atoms with E-state index in [-0.39, 0.29) is 40.6 Å². The van der Waals surface area contributed by atoms with Crippen molar-refractivity contribution >= 4 is 28.7 Å². The fourth-order valence-corrected chi connectivity index (χ4v) is 5.38. The fraction of sp³-hybridized carbons (Fsp3) is 0.393. The Morgan fingerprint density at radius 3 is 2.52 bits per heavy atom. The first-order valence-corrected chi connectivity index (χ1v) is 13.9. The van der Waals surface area contributed by atoms with Crippen molar-refractivity contribution in [1.29, 1.82) is 0 Å². The summed E-state index contributed by atoms with van der Waals surface area (Å²) in [5.41, 5.74) is 1.02. The summed E-state index contributed by atoms with van der Waals surface area (Å²) in [6.07, 6.45) is 2.03. The minimum Gasteiger partial charge on any atom is -0.476 e. The Bertz CT molecular complexity index is 1640. The smallest absolute Gasteiger partial charge is 0.356 e. The van der Waals surface area contributed by atoms with Crippen molar-refractivity contribution in [3.63, 3.8) is 0 Å². The van der Waals surface area contributed by atoms with E-state index in [1.807, 2.05) is 4.57 Å². The van der Waals surface area contributed by atoms with Crippen LogP contribution in [-0.4, -0.2) is 66.5 Å². The number of carboxylic acids is 1. The molecule has 2 aliphatic heterocycles. The van der Waals surface area contributed by atoms with E-state index >= 15 is 0 Å². The average molecular weight is 603 g/mol. The van der Waals surface area contributed by atoms with Gasteiger partial charge in [-0.1, -0.05) is 17.7 Å². The number of carboxylic acid groups (broad SMARTS) is 1. The number of aromatic nitrogens is 5. The number of likely N-dealkylation sites (tertiary alicyclic amines) is 1. The van der Waals surface area contributed by atoms with Crippen molar-refractivity contribution in [2.24, 2.45) is 0 Å². The molecule has 0 bridgehead atoms. The molecule has 2 fully saturated rings. The van der Waals surface area contributed by atoms with Crippen LogP contribution in [0.4, 0.5) is 13.2 Å². The van der Waals surface area contributed by atoms with Gasteiger partial charge >= 0.3 is 5.97 Å². The van der Waals surface area contributed by atoms with Crippen molar-refractivity contribution in [3.8, 4) is 5.88 Å². The number of hydrogen-bond donors (Lipinski definition) is 1. The van der Waals surface area contributed by atoms with E-state index in [0.29, 0.717) is 62.6 Å². The minimum absolute atomic E-state index is 0.0213. The van der Waals surface area contributed by atoms with Gasteiger partial charge in [-0.2, -0.15) is 0 Å². The summed E-state index contributed by atoms with van der Waals surface area (Å²) < 4.78 is 56.4. The molecule has 0 aliphatic carbocycles. The first kappa shape index (κ1) is 28.3. The molecule has 42 heavy (non-hydrogen) atoms. The zero-order valence-electron chi connectivity index (χ0n) is 22.3. The Labute approximate surface area is 243 Å². The van der Waals surface area contributed by atoms with Gasteiger partial charge in [0.15, 0.2) is 17.2 Å². The van der Waals surface area contributed by atoms with Gasteiger partial charge in [-0.25, -0.2) is 27.9 Å². The van der Waals surface area contributed by atoms with Crippen LogP contribution < -0.4 is 4.74 Å². The monoisotopic (exact) mass is 602 g/mol. The molecule has 0 spiro atoms. The molecule has 4 aromatic rings. The summed E-state index contributed by atoms with van der Waals surface area (Å²) in [5, 5.41) is 17.5. The maximum atomic E-state index is 14.8. The molecule has 2 aliphatic rings. The summed E-state index contributed by atoms with van der Waals surface area (Å²) in [6.45, 7) is 2.56. The highest BCUT2D eigenvalue weighted by atomic mass is 35.5. The Hall–Kier alpha value is -3.81. The lowest BCUT2D eigenvalue weighted by Crippen LogP contribution is -2.35. The van der Waals surface area contributed by atoms with Crippen LogP contribution in [0.25, 0.3) is 11.2 Å². The summed E-state index contributed by atoms with van der Waals surface area (Å²) in [7, 11) is 0. The zero-order valence-corrected chi connectivity index (χ0v) is 23.0. The number of imidazole rings is 1. The van der Waals surface area contributed by atoms with E-state index < -0.39 is 29.3 Å². The first-order chi connectivity index (χ1) is 20.2. The maximum Gasteiger partial charge on any atom is 0.356 e. The van der Waals surface area contributed by atoms with Gasteiger partial charge < -0.3 is 19.1 Å². The van der Waals surface area contributed by atoms with Crippen LogP contribution in [0, 0.1) is 17.5 Å². The highest BCUT2D eigenvalue weighted by Crippen LogP contribution is 2.32. The molecule has 2 saturated heterocycles. The number of rotatable bonds is 9. The Kier molecular flexibility index (Phi) is 7.97. The minimum atomic E-state index is -1.18. The van der Waals surface area contributed by atoms with Gasteiger partial charge in [0.25, 0.3) is 5.88 Å². The molecule has 0 unspecified atom stereocenters. The van der Waals surface area contributed by atoms with Crippen molar-refractivity contribution in [2.45, 2.75) is 51.0 Å². The quantitative estimate of drug-likeness (QED) is 0.290. The number of nitrogens with zero attached hydrogens (tertiary/aromatic N) is 6. The van der Waals surface area contributed by atoms with Crippen LogP contribution >= 0.6 is 11.6 Å². The average Bonchev–Trinajstić information content (AvgIpc) is 3.27. The Balaban J connectivity index is 1.15. The molecular weight excluding hydrogens is 577 g/mol. The van der Waals surface area contributed by atoms with Crippen LogP contribution in [0.3, 0.4) is 0 Å². The summed E-state index contributed by atoms with van der Waals surface area (Å²) in [4.78, 5) is 22.3. The molecule has 0 saturated carbocycles. The SMILES string of the molecule is O=C(O)c1cc2nc(CN3CCC(c4nc(OCc5ccc(Cl)cc5F)c(F)cc4F)CC3)n(C[C@@H]3CCO3)c2nn1. The van der Waals surface area contributed by atoms with Gasteiger partial charge in [-0.15, -0.1) is 10.2 Å². The molecule has 1 N–H and O–H groups in total. The van der Waals surface area contributed by atoms with E-state index in [1.165, 1.54) is 18.2 Å². The zero-order chi connectivity index (χ0) is 29.4. The fourth-order valence-electron chi connectivity index (χ4n) is 5.22. The Morgan fingerprint density at radius 2 is 1.83 bits per heavy atom. The van der Waals surface area contributed by atoms with Gasteiger partial charge in [0.05, 0.1) is 24.9 Å². The van der Waals surface area contributed by atoms with Gasteiger partial charge in [0.1, 0.15) is 29.6 Å². The molecular formula is C28H26ClF3N6O4. The highest BCUT2D eigenvalue weighted by Gasteiger charge is 2.29. The number of piperidine rings is 1. The van der Waals surface area contributed by atoms with Crippen LogP contribution in [0.2, 0.25) is 5.02 Å². The molecule has 1 atom stereocenters. The molecule has 0 amide bonds. The Morgan fingerprint density at radius 1 is 1.05 bits per heavy atom. The molecule has 10 nitrogen and oxygen atoms in total.